The summed E-state index contributed by atoms with van der Waals surface area (Å²) >= 11 is 6.10. The molecule has 0 aliphatic rings. The van der Waals surface area contributed by atoms with E-state index in [-0.39, 0.29) is 6.04 Å². The number of halogens is 1. The van der Waals surface area contributed by atoms with E-state index < -0.39 is 0 Å². The lowest BCUT2D eigenvalue weighted by Gasteiger charge is -2.15. The predicted molar refractivity (Wildman–Crippen MR) is 89.3 cm³/mol. The fourth-order valence-corrected chi connectivity index (χ4v) is 2.38. The Morgan fingerprint density at radius 2 is 1.95 bits per heavy atom. The Labute approximate surface area is 131 Å². The molecular formula is C18H22ClNO. The molecule has 1 unspecified atom stereocenters. The van der Waals surface area contributed by atoms with Crippen molar-refractivity contribution in [2.24, 2.45) is 5.73 Å². The van der Waals surface area contributed by atoms with E-state index in [4.69, 9.17) is 22.1 Å². The highest BCUT2D eigenvalue weighted by atomic mass is 35.5. The van der Waals surface area contributed by atoms with Crippen LogP contribution in [0.5, 0.6) is 11.5 Å². The van der Waals surface area contributed by atoms with Crippen molar-refractivity contribution in [2.75, 3.05) is 0 Å². The smallest absolute Gasteiger partial charge is 0.130 e. The molecule has 0 aliphatic heterocycles. The van der Waals surface area contributed by atoms with Gasteiger partial charge in [-0.2, -0.15) is 0 Å². The lowest BCUT2D eigenvalue weighted by atomic mass is 10.0. The number of rotatable bonds is 6. The van der Waals surface area contributed by atoms with Crippen LogP contribution in [0.25, 0.3) is 0 Å². The molecule has 2 aromatic carbocycles. The Morgan fingerprint density at radius 3 is 2.67 bits per heavy atom. The second-order valence-corrected chi connectivity index (χ2v) is 5.66. The molecule has 2 aromatic rings. The van der Waals surface area contributed by atoms with Gasteiger partial charge in [0.15, 0.2) is 0 Å². The first-order chi connectivity index (χ1) is 10.1. The summed E-state index contributed by atoms with van der Waals surface area (Å²) in [5.41, 5.74) is 8.38. The maximum Gasteiger partial charge on any atom is 0.130 e. The predicted octanol–water partition coefficient (Wildman–Crippen LogP) is 4.97. The summed E-state index contributed by atoms with van der Waals surface area (Å²) in [6.45, 7) is 4.22. The summed E-state index contributed by atoms with van der Waals surface area (Å²) in [5.74, 6) is 1.68. The Morgan fingerprint density at radius 1 is 1.14 bits per heavy atom. The van der Waals surface area contributed by atoms with Crippen LogP contribution in [0, 0.1) is 0 Å². The Bertz CT molecular complexity index is 598. The van der Waals surface area contributed by atoms with Crippen molar-refractivity contribution >= 4 is 11.6 Å². The maximum atomic E-state index is 6.10. The summed E-state index contributed by atoms with van der Waals surface area (Å²) < 4.78 is 6.04. The molecule has 0 bridgehead atoms. The molecule has 0 saturated carbocycles. The third kappa shape index (κ3) is 4.48. The van der Waals surface area contributed by atoms with E-state index >= 15 is 0 Å². The van der Waals surface area contributed by atoms with Crippen molar-refractivity contribution in [3.05, 3.63) is 58.6 Å². The van der Waals surface area contributed by atoms with Crippen molar-refractivity contribution < 1.29 is 4.74 Å². The Kier molecular flexibility index (Phi) is 5.66. The average Bonchev–Trinajstić information content (AvgIpc) is 2.50. The van der Waals surface area contributed by atoms with Crippen LogP contribution < -0.4 is 10.5 Å². The van der Waals surface area contributed by atoms with E-state index in [1.165, 1.54) is 5.56 Å². The molecule has 0 aliphatic carbocycles. The van der Waals surface area contributed by atoms with Gasteiger partial charge in [-0.1, -0.05) is 37.6 Å². The first kappa shape index (κ1) is 15.9. The topological polar surface area (TPSA) is 35.2 Å². The first-order valence-corrected chi connectivity index (χ1v) is 7.81. The number of hydrogen-bond acceptors (Lipinski definition) is 2. The molecule has 1 atom stereocenters. The minimum absolute atomic E-state index is 0.118. The molecule has 0 spiro atoms. The minimum Gasteiger partial charge on any atom is -0.457 e. The van der Waals surface area contributed by atoms with Crippen LogP contribution >= 0.6 is 11.6 Å². The van der Waals surface area contributed by atoms with Crippen LogP contribution in [0.1, 0.15) is 31.4 Å². The van der Waals surface area contributed by atoms with Crippen molar-refractivity contribution in [1.82, 2.24) is 0 Å². The normalized spacial score (nSPS) is 12.2. The molecule has 2 N–H and O–H groups in total. The molecule has 0 amide bonds. The van der Waals surface area contributed by atoms with Gasteiger partial charge in [0.05, 0.1) is 0 Å². The fraction of sp³-hybridized carbons (Fsp3) is 0.333. The quantitative estimate of drug-likeness (QED) is 0.817. The number of nitrogens with two attached hydrogens (primary N) is 1. The van der Waals surface area contributed by atoms with Crippen molar-refractivity contribution in [1.29, 1.82) is 0 Å². The third-order valence-corrected chi connectivity index (χ3v) is 3.80. The van der Waals surface area contributed by atoms with Crippen LogP contribution in [-0.4, -0.2) is 6.04 Å². The first-order valence-electron chi connectivity index (χ1n) is 7.43. The van der Waals surface area contributed by atoms with Crippen LogP contribution in [0.2, 0.25) is 5.02 Å². The van der Waals surface area contributed by atoms with Gasteiger partial charge in [-0.05, 0) is 60.7 Å². The molecule has 0 fully saturated rings. The SMILES string of the molecule is CCc1cccc(Oc2ccc(Cl)cc2CC(N)CC)c1. The van der Waals surface area contributed by atoms with Gasteiger partial charge < -0.3 is 10.5 Å². The van der Waals surface area contributed by atoms with E-state index in [2.05, 4.69) is 26.0 Å². The number of aryl methyl sites for hydroxylation is 1. The lowest BCUT2D eigenvalue weighted by Crippen LogP contribution is -2.21. The molecule has 0 aromatic heterocycles. The standard InChI is InChI=1S/C18H22ClNO/c1-3-13-6-5-7-17(10-13)21-18-9-8-15(19)11-14(18)12-16(20)4-2/h5-11,16H,3-4,12,20H2,1-2H3. The summed E-state index contributed by atoms with van der Waals surface area (Å²) in [6, 6.07) is 14.0. The molecule has 2 rings (SSSR count). The van der Waals surface area contributed by atoms with E-state index in [9.17, 15) is 0 Å². The van der Waals surface area contributed by atoms with Crippen LogP contribution in [0.3, 0.4) is 0 Å². The highest BCUT2D eigenvalue weighted by Crippen LogP contribution is 2.29. The Balaban J connectivity index is 2.25. The largest absolute Gasteiger partial charge is 0.457 e. The number of ether oxygens (including phenoxy) is 1. The van der Waals surface area contributed by atoms with Gasteiger partial charge in [-0.25, -0.2) is 0 Å². The van der Waals surface area contributed by atoms with Gasteiger partial charge in [-0.3, -0.25) is 0 Å². The van der Waals surface area contributed by atoms with Crippen LogP contribution in [0.4, 0.5) is 0 Å². The summed E-state index contributed by atoms with van der Waals surface area (Å²) in [4.78, 5) is 0. The van der Waals surface area contributed by atoms with E-state index in [0.717, 1.165) is 36.3 Å². The van der Waals surface area contributed by atoms with E-state index in [1.807, 2.05) is 30.3 Å². The zero-order valence-corrected chi connectivity index (χ0v) is 13.4. The highest BCUT2D eigenvalue weighted by molar-refractivity contribution is 6.30. The van der Waals surface area contributed by atoms with E-state index in [0.29, 0.717) is 5.02 Å². The fourth-order valence-electron chi connectivity index (χ4n) is 2.19. The summed E-state index contributed by atoms with van der Waals surface area (Å²) in [7, 11) is 0. The highest BCUT2D eigenvalue weighted by Gasteiger charge is 2.10. The second kappa shape index (κ2) is 7.48. The van der Waals surface area contributed by atoms with Gasteiger partial charge >= 0.3 is 0 Å². The molecule has 2 nitrogen and oxygen atoms in total. The molecule has 21 heavy (non-hydrogen) atoms. The average molecular weight is 304 g/mol. The summed E-state index contributed by atoms with van der Waals surface area (Å²) in [5, 5.41) is 0.711. The minimum atomic E-state index is 0.118. The maximum absolute atomic E-state index is 6.10. The van der Waals surface area contributed by atoms with Crippen LogP contribution in [-0.2, 0) is 12.8 Å². The molecular weight excluding hydrogens is 282 g/mol. The molecule has 3 heteroatoms. The molecule has 0 saturated heterocycles. The van der Waals surface area contributed by atoms with Crippen molar-refractivity contribution in [3.63, 3.8) is 0 Å². The Hall–Kier alpha value is -1.51. The zero-order valence-electron chi connectivity index (χ0n) is 12.6. The van der Waals surface area contributed by atoms with Crippen molar-refractivity contribution in [3.8, 4) is 11.5 Å². The van der Waals surface area contributed by atoms with Gasteiger partial charge in [0.25, 0.3) is 0 Å². The molecule has 112 valence electrons. The molecule has 0 heterocycles. The summed E-state index contributed by atoms with van der Waals surface area (Å²) in [6.07, 6.45) is 2.68. The van der Waals surface area contributed by atoms with Gasteiger partial charge in [0.2, 0.25) is 0 Å². The molecule has 0 radical (unpaired) electrons. The number of benzene rings is 2. The van der Waals surface area contributed by atoms with Gasteiger partial charge in [-0.15, -0.1) is 0 Å². The van der Waals surface area contributed by atoms with Crippen molar-refractivity contribution in [2.45, 2.75) is 39.2 Å². The van der Waals surface area contributed by atoms with Crippen LogP contribution in [0.15, 0.2) is 42.5 Å². The van der Waals surface area contributed by atoms with E-state index in [1.54, 1.807) is 0 Å². The third-order valence-electron chi connectivity index (χ3n) is 3.56. The van der Waals surface area contributed by atoms with Gasteiger partial charge in [0, 0.05) is 11.1 Å². The number of hydrogen-bond donors (Lipinski definition) is 1. The lowest BCUT2D eigenvalue weighted by molar-refractivity contribution is 0.471. The monoisotopic (exact) mass is 303 g/mol. The second-order valence-electron chi connectivity index (χ2n) is 5.23. The zero-order chi connectivity index (χ0) is 15.2. The van der Waals surface area contributed by atoms with Gasteiger partial charge in [0.1, 0.15) is 11.5 Å².